The van der Waals surface area contributed by atoms with Crippen molar-refractivity contribution in [2.24, 2.45) is 0 Å². The molecule has 0 atom stereocenters. The molecule has 2 aromatic rings. The Labute approximate surface area is 177 Å². The highest BCUT2D eigenvalue weighted by atomic mass is 16.7. The fourth-order valence-corrected chi connectivity index (χ4v) is 3.77. The van der Waals surface area contributed by atoms with Crippen LogP contribution in [0.4, 0.5) is 0 Å². The summed E-state index contributed by atoms with van der Waals surface area (Å²) in [4.78, 5) is 24.4. The number of nitrogens with one attached hydrogen (secondary N) is 1. The van der Waals surface area contributed by atoms with Gasteiger partial charge in [0.25, 0.3) is 0 Å². The Morgan fingerprint density at radius 3 is 2.20 bits per heavy atom. The first kappa shape index (κ1) is 20.6. The van der Waals surface area contributed by atoms with E-state index in [-0.39, 0.29) is 11.7 Å². The summed E-state index contributed by atoms with van der Waals surface area (Å²) in [5.41, 5.74) is 4.04. The Kier molecular flexibility index (Phi) is 4.95. The first-order chi connectivity index (χ1) is 14.1. The van der Waals surface area contributed by atoms with Crippen LogP contribution in [-0.4, -0.2) is 36.6 Å². The average molecular weight is 403 g/mol. The molecule has 154 valence electrons. The van der Waals surface area contributed by atoms with E-state index in [0.717, 1.165) is 27.7 Å². The fraction of sp³-hybridized carbons (Fsp3) is 0.333. The van der Waals surface area contributed by atoms with E-state index in [4.69, 9.17) is 9.31 Å². The van der Waals surface area contributed by atoms with E-state index >= 15 is 0 Å². The van der Waals surface area contributed by atoms with Crippen molar-refractivity contribution in [3.8, 4) is 11.1 Å². The number of ketones is 1. The van der Waals surface area contributed by atoms with Gasteiger partial charge in [0.15, 0.2) is 5.78 Å². The number of rotatable bonds is 4. The van der Waals surface area contributed by atoms with Gasteiger partial charge in [0, 0.05) is 24.6 Å². The van der Waals surface area contributed by atoms with Gasteiger partial charge in [-0.15, -0.1) is 0 Å². The summed E-state index contributed by atoms with van der Waals surface area (Å²) in [6, 6.07) is 13.5. The maximum Gasteiger partial charge on any atom is 0.492 e. The minimum Gasteiger partial charge on any atom is -0.400 e. The van der Waals surface area contributed by atoms with Crippen LogP contribution in [0, 0.1) is 0 Å². The molecule has 0 bridgehead atoms. The molecule has 1 saturated heterocycles. The lowest BCUT2D eigenvalue weighted by atomic mass is 9.76. The van der Waals surface area contributed by atoms with Gasteiger partial charge in [0.2, 0.25) is 5.91 Å². The minimum atomic E-state index is -0.581. The summed E-state index contributed by atoms with van der Waals surface area (Å²) >= 11 is 0. The van der Waals surface area contributed by atoms with Crippen LogP contribution in [0.1, 0.15) is 56.1 Å². The van der Waals surface area contributed by atoms with Crippen LogP contribution < -0.4 is 5.32 Å². The highest BCUT2D eigenvalue weighted by molar-refractivity contribution is 6.56. The third-order valence-corrected chi connectivity index (χ3v) is 6.20. The van der Waals surface area contributed by atoms with Crippen molar-refractivity contribution in [2.75, 3.05) is 6.54 Å². The van der Waals surface area contributed by atoms with Gasteiger partial charge in [0.05, 0.1) is 11.2 Å². The van der Waals surface area contributed by atoms with Gasteiger partial charge >= 0.3 is 7.12 Å². The third-order valence-electron chi connectivity index (χ3n) is 6.20. The van der Waals surface area contributed by atoms with Crippen LogP contribution in [0.2, 0.25) is 0 Å². The van der Waals surface area contributed by atoms with Crippen LogP contribution in [-0.2, 0) is 14.1 Å². The molecule has 2 aromatic carbocycles. The van der Waals surface area contributed by atoms with Gasteiger partial charge in [0.1, 0.15) is 0 Å². The molecular formula is C24H26BNO4. The Balaban J connectivity index is 1.70. The zero-order valence-corrected chi connectivity index (χ0v) is 18.0. The predicted octanol–water partition coefficient (Wildman–Crippen LogP) is 4.05. The van der Waals surface area contributed by atoms with Gasteiger partial charge in [-0.05, 0) is 55.9 Å². The number of amides is 1. The second kappa shape index (κ2) is 7.22. The van der Waals surface area contributed by atoms with Crippen molar-refractivity contribution in [2.45, 2.75) is 45.8 Å². The molecule has 1 aliphatic carbocycles. The van der Waals surface area contributed by atoms with Crippen molar-refractivity contribution < 1.29 is 18.9 Å². The lowest BCUT2D eigenvalue weighted by Crippen LogP contribution is -2.41. The Morgan fingerprint density at radius 1 is 0.967 bits per heavy atom. The third kappa shape index (κ3) is 3.51. The summed E-state index contributed by atoms with van der Waals surface area (Å²) in [7, 11) is -0.581. The minimum absolute atomic E-state index is 0.0369. The van der Waals surface area contributed by atoms with E-state index in [1.807, 2.05) is 76.2 Å². The fourth-order valence-electron chi connectivity index (χ4n) is 3.77. The van der Waals surface area contributed by atoms with Gasteiger partial charge in [-0.25, -0.2) is 0 Å². The number of carbonyl (C=O) groups excluding carboxylic acids is 2. The van der Waals surface area contributed by atoms with Gasteiger partial charge < -0.3 is 14.6 Å². The molecule has 0 radical (unpaired) electrons. The molecule has 2 aliphatic rings. The molecule has 6 heteroatoms. The van der Waals surface area contributed by atoms with Crippen molar-refractivity contribution in [1.29, 1.82) is 0 Å². The monoisotopic (exact) mass is 403 g/mol. The molecule has 1 fully saturated rings. The van der Waals surface area contributed by atoms with Crippen LogP contribution in [0.25, 0.3) is 17.2 Å². The van der Waals surface area contributed by atoms with E-state index in [2.05, 4.69) is 5.32 Å². The van der Waals surface area contributed by atoms with E-state index in [1.54, 1.807) is 0 Å². The molecule has 5 nitrogen and oxygen atoms in total. The van der Waals surface area contributed by atoms with E-state index < -0.39 is 18.3 Å². The zero-order valence-electron chi connectivity index (χ0n) is 18.0. The number of hydrogen-bond acceptors (Lipinski definition) is 4. The first-order valence-electron chi connectivity index (χ1n) is 10.2. The molecule has 1 heterocycles. The standard InChI is InChI=1S/C24H26BNO4/c1-15(27)26-14-17(25-29-23(2,3)24(4,5)30-25)12-16-10-11-19-18-8-6-7-9-20(18)22(28)21(19)13-16/h6-13H,14H2,1-5H3,(H,26,27). The molecular weight excluding hydrogens is 377 g/mol. The average Bonchev–Trinajstić information content (AvgIpc) is 3.08. The second-order valence-corrected chi connectivity index (χ2v) is 8.90. The molecule has 30 heavy (non-hydrogen) atoms. The normalized spacial score (nSPS) is 18.9. The molecule has 1 amide bonds. The highest BCUT2D eigenvalue weighted by Crippen LogP contribution is 2.40. The van der Waals surface area contributed by atoms with Gasteiger partial charge in [-0.3, -0.25) is 9.59 Å². The molecule has 1 N–H and O–H groups in total. The maximum atomic E-state index is 12.8. The molecule has 0 aromatic heterocycles. The van der Waals surface area contributed by atoms with Crippen molar-refractivity contribution in [3.05, 3.63) is 64.6 Å². The molecule has 0 spiro atoms. The summed E-state index contributed by atoms with van der Waals surface area (Å²) in [6.07, 6.45) is 1.94. The van der Waals surface area contributed by atoms with Crippen LogP contribution in [0.15, 0.2) is 47.9 Å². The van der Waals surface area contributed by atoms with E-state index in [1.165, 1.54) is 6.92 Å². The molecule has 0 unspecified atom stereocenters. The van der Waals surface area contributed by atoms with Gasteiger partial charge in [-0.2, -0.15) is 0 Å². The van der Waals surface area contributed by atoms with E-state index in [9.17, 15) is 9.59 Å². The smallest absolute Gasteiger partial charge is 0.400 e. The SMILES string of the molecule is CC(=O)NCC(=Cc1ccc2c(c1)C(=O)c1ccccc1-2)B1OC(C)(C)C(C)(C)O1. The maximum absolute atomic E-state index is 12.8. The number of hydrogen-bond donors (Lipinski definition) is 1. The van der Waals surface area contributed by atoms with Crippen molar-refractivity contribution in [3.63, 3.8) is 0 Å². The Morgan fingerprint density at radius 2 is 1.57 bits per heavy atom. The number of carbonyl (C=O) groups is 2. The topological polar surface area (TPSA) is 64.6 Å². The highest BCUT2D eigenvalue weighted by Gasteiger charge is 2.52. The molecule has 0 saturated carbocycles. The number of benzene rings is 2. The summed E-state index contributed by atoms with van der Waals surface area (Å²) in [6.45, 7) is 9.76. The van der Waals surface area contributed by atoms with Crippen LogP contribution in [0.3, 0.4) is 0 Å². The molecule has 1 aliphatic heterocycles. The zero-order chi connectivity index (χ0) is 21.7. The van der Waals surface area contributed by atoms with Gasteiger partial charge in [-0.1, -0.05) is 42.5 Å². The lowest BCUT2D eigenvalue weighted by molar-refractivity contribution is -0.118. The first-order valence-corrected chi connectivity index (χ1v) is 10.2. The quantitative estimate of drug-likeness (QED) is 0.668. The summed E-state index contributed by atoms with van der Waals surface area (Å²) in [5, 5.41) is 2.84. The molecule has 4 rings (SSSR count). The summed E-state index contributed by atoms with van der Waals surface area (Å²) in [5.74, 6) is -0.0908. The lowest BCUT2D eigenvalue weighted by Gasteiger charge is -2.32. The second-order valence-electron chi connectivity index (χ2n) is 8.90. The summed E-state index contributed by atoms with van der Waals surface area (Å²) < 4.78 is 12.4. The van der Waals surface area contributed by atoms with E-state index in [0.29, 0.717) is 12.1 Å². The Hall–Kier alpha value is -2.70. The largest absolute Gasteiger partial charge is 0.492 e. The van der Waals surface area contributed by atoms with Crippen LogP contribution in [0.5, 0.6) is 0 Å². The number of fused-ring (bicyclic) bond motifs is 3. The Bertz CT molecular complexity index is 1050. The predicted molar refractivity (Wildman–Crippen MR) is 118 cm³/mol. The van der Waals surface area contributed by atoms with Crippen molar-refractivity contribution >= 4 is 24.9 Å². The van der Waals surface area contributed by atoms with Crippen molar-refractivity contribution in [1.82, 2.24) is 5.32 Å². The van der Waals surface area contributed by atoms with Crippen LogP contribution >= 0.6 is 0 Å².